The molecule has 0 aromatic rings. The first-order chi connectivity index (χ1) is 8.13. The monoisotopic (exact) mass is 244 g/mol. The largest absolute Gasteiger partial charge is 0.550 e. The van der Waals surface area contributed by atoms with Crippen LogP contribution >= 0.6 is 0 Å². The van der Waals surface area contributed by atoms with Crippen molar-refractivity contribution in [2.45, 2.75) is 32.2 Å². The third-order valence-corrected chi connectivity index (χ3v) is 2.91. The predicted molar refractivity (Wildman–Crippen MR) is 58.0 cm³/mol. The molecule has 1 saturated heterocycles. The first-order valence-electron chi connectivity index (χ1n) is 6.08. The number of rotatable bonds is 5. The second-order valence-corrected chi connectivity index (χ2v) is 4.17. The van der Waals surface area contributed by atoms with Gasteiger partial charge in [0, 0.05) is 38.3 Å². The molecule has 6 heteroatoms. The van der Waals surface area contributed by atoms with E-state index in [1.165, 1.54) is 0 Å². The molecule has 0 saturated carbocycles. The van der Waals surface area contributed by atoms with Crippen molar-refractivity contribution in [3.8, 4) is 0 Å². The first kappa shape index (κ1) is 13.8. The minimum Gasteiger partial charge on any atom is -0.550 e. The first-order valence-corrected chi connectivity index (χ1v) is 6.08. The van der Waals surface area contributed by atoms with Crippen LogP contribution in [0, 0.1) is 0 Å². The molecule has 0 unspecified atom stereocenters. The maximum atomic E-state index is 11.4. The van der Waals surface area contributed by atoms with Crippen LogP contribution in [0.4, 0.5) is 4.79 Å². The molecule has 0 atom stereocenters. The lowest BCUT2D eigenvalue weighted by Crippen LogP contribution is -2.91. The molecule has 1 amide bonds. The topological polar surface area (TPSA) is 86.3 Å². The standard InChI is InChI=1S/C11H20N2O4/c1-2-17-11(16)13-7-4-9(5-8-13)12-6-3-10(14)15/h9,12H,2-8H2,1H3,(H,14,15). The highest BCUT2D eigenvalue weighted by molar-refractivity contribution is 5.67. The Morgan fingerprint density at radius 1 is 1.41 bits per heavy atom. The Hall–Kier alpha value is -1.30. The summed E-state index contributed by atoms with van der Waals surface area (Å²) in [6, 6.07) is 0.403. The smallest absolute Gasteiger partial charge is 0.409 e. The van der Waals surface area contributed by atoms with Gasteiger partial charge in [0.15, 0.2) is 0 Å². The third-order valence-electron chi connectivity index (χ3n) is 2.91. The lowest BCUT2D eigenvalue weighted by Gasteiger charge is -2.29. The second kappa shape index (κ2) is 7.11. The van der Waals surface area contributed by atoms with Crippen molar-refractivity contribution in [2.75, 3.05) is 26.2 Å². The zero-order valence-electron chi connectivity index (χ0n) is 10.2. The van der Waals surface area contributed by atoms with Crippen LogP contribution in [0.1, 0.15) is 26.2 Å². The molecular formula is C11H20N2O4. The SMILES string of the molecule is CCOC(=O)N1CCC([NH2+]CCC(=O)[O-])CC1. The van der Waals surface area contributed by atoms with Crippen molar-refractivity contribution in [2.24, 2.45) is 0 Å². The van der Waals surface area contributed by atoms with Gasteiger partial charge in [-0.15, -0.1) is 0 Å². The molecule has 2 N–H and O–H groups in total. The number of carboxylic acids is 1. The van der Waals surface area contributed by atoms with Gasteiger partial charge in [0.2, 0.25) is 0 Å². The normalized spacial score (nSPS) is 16.9. The molecule has 6 nitrogen and oxygen atoms in total. The Kier molecular flexibility index (Phi) is 5.76. The van der Waals surface area contributed by atoms with E-state index in [4.69, 9.17) is 4.74 Å². The average molecular weight is 244 g/mol. The highest BCUT2D eigenvalue weighted by Gasteiger charge is 2.24. The van der Waals surface area contributed by atoms with Gasteiger partial charge in [0.05, 0.1) is 19.2 Å². The summed E-state index contributed by atoms with van der Waals surface area (Å²) in [5.41, 5.74) is 0. The number of hydrogen-bond donors (Lipinski definition) is 1. The number of hydrogen-bond acceptors (Lipinski definition) is 4. The summed E-state index contributed by atoms with van der Waals surface area (Å²) in [5, 5.41) is 12.3. The van der Waals surface area contributed by atoms with E-state index in [-0.39, 0.29) is 12.5 Å². The van der Waals surface area contributed by atoms with E-state index in [0.717, 1.165) is 12.8 Å². The highest BCUT2D eigenvalue weighted by Crippen LogP contribution is 2.08. The number of quaternary nitrogens is 1. The zero-order chi connectivity index (χ0) is 12.7. The molecule has 0 aromatic heterocycles. The summed E-state index contributed by atoms with van der Waals surface area (Å²) < 4.78 is 4.92. The molecule has 0 radical (unpaired) electrons. The lowest BCUT2D eigenvalue weighted by atomic mass is 10.1. The van der Waals surface area contributed by atoms with Gasteiger partial charge in [-0.25, -0.2) is 4.79 Å². The minimum atomic E-state index is -1.01. The number of carboxylic acid groups (broad SMARTS) is 1. The number of piperidine rings is 1. The van der Waals surface area contributed by atoms with E-state index >= 15 is 0 Å². The Balaban J connectivity index is 2.17. The number of ether oxygens (including phenoxy) is 1. The van der Waals surface area contributed by atoms with Gasteiger partial charge >= 0.3 is 6.09 Å². The van der Waals surface area contributed by atoms with Gasteiger partial charge in [-0.3, -0.25) is 0 Å². The van der Waals surface area contributed by atoms with Gasteiger partial charge < -0.3 is 24.9 Å². The fraction of sp³-hybridized carbons (Fsp3) is 0.818. The van der Waals surface area contributed by atoms with Crippen LogP contribution in [0.5, 0.6) is 0 Å². The number of likely N-dealkylation sites (tertiary alicyclic amines) is 1. The number of carbonyl (C=O) groups is 2. The van der Waals surface area contributed by atoms with Gasteiger partial charge in [0.1, 0.15) is 0 Å². The summed E-state index contributed by atoms with van der Waals surface area (Å²) >= 11 is 0. The summed E-state index contributed by atoms with van der Waals surface area (Å²) in [6.45, 7) is 4.11. The third kappa shape index (κ3) is 5.04. The molecule has 0 spiro atoms. The molecule has 98 valence electrons. The molecule has 1 aliphatic heterocycles. The maximum Gasteiger partial charge on any atom is 0.409 e. The van der Waals surface area contributed by atoms with Crippen LogP contribution in [0.2, 0.25) is 0 Å². The van der Waals surface area contributed by atoms with Crippen molar-refractivity contribution < 1.29 is 24.7 Å². The van der Waals surface area contributed by atoms with E-state index in [0.29, 0.717) is 32.3 Å². The number of nitrogens with two attached hydrogens (primary N) is 1. The van der Waals surface area contributed by atoms with Crippen molar-refractivity contribution in [3.05, 3.63) is 0 Å². The van der Waals surface area contributed by atoms with E-state index in [1.54, 1.807) is 11.8 Å². The fourth-order valence-corrected chi connectivity index (χ4v) is 1.97. The summed E-state index contributed by atoms with van der Waals surface area (Å²) in [6.07, 6.45) is 1.59. The van der Waals surface area contributed by atoms with Crippen LogP contribution in [0.25, 0.3) is 0 Å². The van der Waals surface area contributed by atoms with Crippen LogP contribution in [-0.2, 0) is 9.53 Å². The molecule has 0 bridgehead atoms. The van der Waals surface area contributed by atoms with E-state index in [1.807, 2.05) is 5.32 Å². The maximum absolute atomic E-state index is 11.4. The lowest BCUT2D eigenvalue weighted by molar-refractivity contribution is -0.691. The average Bonchev–Trinajstić information content (AvgIpc) is 2.30. The van der Waals surface area contributed by atoms with Crippen molar-refractivity contribution >= 4 is 12.1 Å². The number of nitrogens with zero attached hydrogens (tertiary/aromatic N) is 1. The van der Waals surface area contributed by atoms with Gasteiger partial charge in [-0.2, -0.15) is 0 Å². The predicted octanol–water partition coefficient (Wildman–Crippen LogP) is -1.69. The highest BCUT2D eigenvalue weighted by atomic mass is 16.6. The molecule has 0 aliphatic carbocycles. The molecule has 1 fully saturated rings. The number of carbonyl (C=O) groups excluding carboxylic acids is 2. The van der Waals surface area contributed by atoms with Crippen molar-refractivity contribution in [1.82, 2.24) is 4.90 Å². The number of aliphatic carboxylic acids is 1. The minimum absolute atomic E-state index is 0.0814. The quantitative estimate of drug-likeness (QED) is 0.625. The molecule has 1 rings (SSSR count). The van der Waals surface area contributed by atoms with Gasteiger partial charge in [-0.1, -0.05) is 0 Å². The van der Waals surface area contributed by atoms with Crippen molar-refractivity contribution in [1.29, 1.82) is 0 Å². The molecule has 1 heterocycles. The van der Waals surface area contributed by atoms with Crippen molar-refractivity contribution in [3.63, 3.8) is 0 Å². The van der Waals surface area contributed by atoms with E-state index in [9.17, 15) is 14.7 Å². The Labute approximate surface area is 101 Å². The molecule has 1 aliphatic rings. The summed E-state index contributed by atoms with van der Waals surface area (Å²) in [5.74, 6) is -1.01. The van der Waals surface area contributed by atoms with Crippen LogP contribution in [0.15, 0.2) is 0 Å². The van der Waals surface area contributed by atoms with Crippen LogP contribution < -0.4 is 10.4 Å². The second-order valence-electron chi connectivity index (χ2n) is 4.17. The zero-order valence-corrected chi connectivity index (χ0v) is 10.2. The van der Waals surface area contributed by atoms with Crippen LogP contribution in [0.3, 0.4) is 0 Å². The van der Waals surface area contributed by atoms with E-state index in [2.05, 4.69) is 0 Å². The van der Waals surface area contributed by atoms with Gasteiger partial charge in [0.25, 0.3) is 0 Å². The Morgan fingerprint density at radius 3 is 2.59 bits per heavy atom. The van der Waals surface area contributed by atoms with Gasteiger partial charge in [-0.05, 0) is 6.92 Å². The fourth-order valence-electron chi connectivity index (χ4n) is 1.97. The summed E-state index contributed by atoms with van der Waals surface area (Å²) in [7, 11) is 0. The number of amides is 1. The molecule has 17 heavy (non-hydrogen) atoms. The molecule has 0 aromatic carbocycles. The Bertz CT molecular complexity index is 262. The summed E-state index contributed by atoms with van der Waals surface area (Å²) in [4.78, 5) is 23.4. The van der Waals surface area contributed by atoms with E-state index < -0.39 is 5.97 Å². The Morgan fingerprint density at radius 2 is 2.06 bits per heavy atom. The molecular weight excluding hydrogens is 224 g/mol. The van der Waals surface area contributed by atoms with Crippen LogP contribution in [-0.4, -0.2) is 49.2 Å².